The first kappa shape index (κ1) is 31.4. The first-order valence-corrected chi connectivity index (χ1v) is 14.4. The molecule has 8 nitrogen and oxygen atoms in total. The Bertz CT molecular complexity index is 1600. The zero-order valence-corrected chi connectivity index (χ0v) is 24.8. The van der Waals surface area contributed by atoms with Gasteiger partial charge in [-0.2, -0.15) is 0 Å². The third-order valence-corrected chi connectivity index (χ3v) is 6.88. The molecule has 224 valence electrons. The van der Waals surface area contributed by atoms with Gasteiger partial charge in [-0.05, 0) is 65.6 Å². The molecule has 0 bridgehead atoms. The number of para-hydroxylation sites is 1. The lowest BCUT2D eigenvalue weighted by Crippen LogP contribution is -2.35. The molecule has 12 heteroatoms. The highest BCUT2D eigenvalue weighted by Crippen LogP contribution is 2.27. The predicted molar refractivity (Wildman–Crippen MR) is 165 cm³/mol. The van der Waals surface area contributed by atoms with Gasteiger partial charge >= 0.3 is 12.4 Å². The largest absolute Gasteiger partial charge is 0.573 e. The van der Waals surface area contributed by atoms with Gasteiger partial charge in [0.1, 0.15) is 12.1 Å². The fraction of sp³-hybridized carbons (Fsp3) is 0.226. The van der Waals surface area contributed by atoms with Gasteiger partial charge in [0.25, 0.3) is 0 Å². The maximum atomic E-state index is 12.7. The van der Waals surface area contributed by atoms with Crippen LogP contribution in [0.1, 0.15) is 44.7 Å². The van der Waals surface area contributed by atoms with Crippen LogP contribution in [-0.4, -0.2) is 38.1 Å². The zero-order chi connectivity index (χ0) is 31.0. The van der Waals surface area contributed by atoms with E-state index in [1.54, 1.807) is 6.20 Å². The Morgan fingerprint density at radius 1 is 1.07 bits per heavy atom. The topological polar surface area (TPSA) is 93.4 Å². The molecule has 1 heterocycles. The molecular weight excluding hydrogens is 577 g/mol. The second-order valence-corrected chi connectivity index (χ2v) is 10.9. The van der Waals surface area contributed by atoms with E-state index in [1.807, 2.05) is 62.4 Å². The Morgan fingerprint density at radius 2 is 1.77 bits per heavy atom. The lowest BCUT2D eigenvalue weighted by molar-refractivity contribution is -0.274. The average Bonchev–Trinajstić information content (AvgIpc) is 3.46. The summed E-state index contributed by atoms with van der Waals surface area (Å²) in [6.45, 7) is 8.08. The van der Waals surface area contributed by atoms with E-state index in [0.29, 0.717) is 22.6 Å². The van der Waals surface area contributed by atoms with Crippen molar-refractivity contribution in [2.75, 3.05) is 5.75 Å². The summed E-state index contributed by atoms with van der Waals surface area (Å²) >= 11 is 1.45. The van der Waals surface area contributed by atoms with Gasteiger partial charge in [-0.3, -0.25) is 5.32 Å². The molecule has 0 aliphatic rings. The van der Waals surface area contributed by atoms with Crippen molar-refractivity contribution < 1.29 is 22.7 Å². The van der Waals surface area contributed by atoms with E-state index in [4.69, 9.17) is 4.99 Å². The van der Waals surface area contributed by atoms with Gasteiger partial charge in [0, 0.05) is 11.8 Å². The van der Waals surface area contributed by atoms with Crippen LogP contribution < -0.4 is 15.4 Å². The Hall–Kier alpha value is -4.58. The summed E-state index contributed by atoms with van der Waals surface area (Å²) in [5, 5.41) is 10.6. The number of aromatic nitrogens is 3. The third-order valence-electron chi connectivity index (χ3n) is 6.13. The molecular formula is C31H31F3N6O2S. The molecule has 4 rings (SSSR count). The number of nitrogens with zero attached hydrogens (tertiary/aromatic N) is 4. The number of aliphatic imine (C=N–C) groups is 1. The van der Waals surface area contributed by atoms with Crippen LogP contribution in [0, 0.1) is 0 Å². The standard InChI is InChI=1S/C31H31F3N6O2S/c1-5-43-30(37-27-9-7-6-8-26(27)20(2)3)38-29(41)35-18-21(4)22-10-12-23(13-11-22)28-36-19-40(39-28)24-14-16-25(17-15-24)42-31(32,33)34/h6-20H,5H2,1-4H3,(H2,35,37,38,41)/b21-18+. The predicted octanol–water partition coefficient (Wildman–Crippen LogP) is 8.06. The van der Waals surface area contributed by atoms with Gasteiger partial charge in [0.2, 0.25) is 0 Å². The number of amides is 2. The summed E-state index contributed by atoms with van der Waals surface area (Å²) in [5.41, 5.74) is 4.92. The van der Waals surface area contributed by atoms with E-state index >= 15 is 0 Å². The highest BCUT2D eigenvalue weighted by molar-refractivity contribution is 8.13. The SMILES string of the molecule is CCSC(=Nc1ccccc1C(C)C)NC(=O)N/C=C(\C)c1ccc(-c2ncn(-c3ccc(OC(F)(F)F)cc3)n2)cc1. The lowest BCUT2D eigenvalue weighted by atomic mass is 10.0. The minimum atomic E-state index is -4.75. The van der Waals surface area contributed by atoms with Crippen molar-refractivity contribution in [3.05, 3.63) is 96.5 Å². The van der Waals surface area contributed by atoms with E-state index in [1.165, 1.54) is 47.0 Å². The van der Waals surface area contributed by atoms with Crippen molar-refractivity contribution in [3.8, 4) is 22.8 Å². The first-order chi connectivity index (χ1) is 20.5. The third kappa shape index (κ3) is 8.95. The number of nitrogens with one attached hydrogen (secondary N) is 2. The number of hydrogen-bond acceptors (Lipinski definition) is 6. The molecule has 2 N–H and O–H groups in total. The molecule has 0 aliphatic heterocycles. The van der Waals surface area contributed by atoms with Gasteiger partial charge in [-0.1, -0.05) is 75.0 Å². The number of rotatable bonds is 8. The molecule has 2 amide bonds. The first-order valence-electron chi connectivity index (χ1n) is 13.5. The van der Waals surface area contributed by atoms with Crippen molar-refractivity contribution in [1.29, 1.82) is 0 Å². The number of urea groups is 1. The van der Waals surface area contributed by atoms with E-state index in [-0.39, 0.29) is 5.75 Å². The molecule has 0 spiro atoms. The van der Waals surface area contributed by atoms with Gasteiger partial charge in [-0.15, -0.1) is 18.3 Å². The second-order valence-electron chi connectivity index (χ2n) is 9.62. The average molecular weight is 609 g/mol. The zero-order valence-electron chi connectivity index (χ0n) is 24.0. The van der Waals surface area contributed by atoms with E-state index in [9.17, 15) is 18.0 Å². The van der Waals surface area contributed by atoms with Crippen LogP contribution in [0.25, 0.3) is 22.6 Å². The molecule has 1 aromatic heterocycles. The Kier molecular flexibility index (Phi) is 10.3. The molecule has 0 atom stereocenters. The Labute approximate surface area is 252 Å². The summed E-state index contributed by atoms with van der Waals surface area (Å²) < 4.78 is 42.6. The quantitative estimate of drug-likeness (QED) is 0.156. The number of benzene rings is 3. The van der Waals surface area contributed by atoms with Gasteiger partial charge in [0.15, 0.2) is 11.0 Å². The van der Waals surface area contributed by atoms with Crippen LogP contribution in [0.4, 0.5) is 23.7 Å². The second kappa shape index (κ2) is 14.1. The van der Waals surface area contributed by atoms with Crippen LogP contribution in [0.5, 0.6) is 5.75 Å². The number of carbonyl (C=O) groups is 1. The number of allylic oxidation sites excluding steroid dienone is 1. The highest BCUT2D eigenvalue weighted by atomic mass is 32.2. The van der Waals surface area contributed by atoms with Gasteiger partial charge in [0.05, 0.1) is 11.4 Å². The van der Waals surface area contributed by atoms with Crippen LogP contribution in [0.15, 0.2) is 90.3 Å². The molecule has 3 aromatic carbocycles. The fourth-order valence-corrected chi connectivity index (χ4v) is 4.61. The molecule has 0 fully saturated rings. The van der Waals surface area contributed by atoms with Gasteiger partial charge < -0.3 is 10.1 Å². The van der Waals surface area contributed by atoms with Crippen molar-refractivity contribution in [2.45, 2.75) is 40.0 Å². The molecule has 0 aliphatic carbocycles. The number of halogens is 3. The maximum Gasteiger partial charge on any atom is 0.573 e. The monoisotopic (exact) mass is 608 g/mol. The summed E-state index contributed by atoms with van der Waals surface area (Å²) in [7, 11) is 0. The summed E-state index contributed by atoms with van der Waals surface area (Å²) in [4.78, 5) is 21.7. The van der Waals surface area contributed by atoms with E-state index in [2.05, 4.69) is 39.3 Å². The molecule has 4 aromatic rings. The van der Waals surface area contributed by atoms with Crippen LogP contribution >= 0.6 is 11.8 Å². The maximum absolute atomic E-state index is 12.7. The molecule has 0 saturated heterocycles. The summed E-state index contributed by atoms with van der Waals surface area (Å²) in [5.74, 6) is 1.18. The van der Waals surface area contributed by atoms with Crippen LogP contribution in [-0.2, 0) is 0 Å². The molecule has 43 heavy (non-hydrogen) atoms. The molecule has 0 unspecified atom stereocenters. The Balaban J connectivity index is 1.39. The number of hydrogen-bond donors (Lipinski definition) is 2. The summed E-state index contributed by atoms with van der Waals surface area (Å²) in [6.07, 6.45) is -1.65. The highest BCUT2D eigenvalue weighted by Gasteiger charge is 2.31. The smallest absolute Gasteiger partial charge is 0.406 e. The van der Waals surface area contributed by atoms with Crippen molar-refractivity contribution in [3.63, 3.8) is 0 Å². The molecule has 0 radical (unpaired) electrons. The van der Waals surface area contributed by atoms with Crippen LogP contribution in [0.3, 0.4) is 0 Å². The van der Waals surface area contributed by atoms with E-state index in [0.717, 1.165) is 33.7 Å². The minimum Gasteiger partial charge on any atom is -0.406 e. The normalized spacial score (nSPS) is 12.4. The van der Waals surface area contributed by atoms with Gasteiger partial charge in [-0.25, -0.2) is 19.5 Å². The Morgan fingerprint density at radius 3 is 2.42 bits per heavy atom. The number of amidine groups is 1. The summed E-state index contributed by atoms with van der Waals surface area (Å²) in [6, 6.07) is 20.3. The van der Waals surface area contributed by atoms with Crippen LogP contribution in [0.2, 0.25) is 0 Å². The minimum absolute atomic E-state index is 0.299. The van der Waals surface area contributed by atoms with E-state index < -0.39 is 12.4 Å². The molecule has 0 saturated carbocycles. The number of carbonyl (C=O) groups excluding carboxylic acids is 1. The number of alkyl halides is 3. The van der Waals surface area contributed by atoms with Crippen molar-refractivity contribution in [2.24, 2.45) is 4.99 Å². The van der Waals surface area contributed by atoms with Crippen molar-refractivity contribution in [1.82, 2.24) is 25.4 Å². The lowest BCUT2D eigenvalue weighted by Gasteiger charge is -2.12. The number of ether oxygens (including phenoxy) is 1. The van der Waals surface area contributed by atoms with Crippen molar-refractivity contribution >= 4 is 34.2 Å². The number of thioether (sulfide) groups is 1. The fourth-order valence-electron chi connectivity index (χ4n) is 4.01.